The molecule has 0 aromatic carbocycles. The van der Waals surface area contributed by atoms with Crippen LogP contribution in [0.2, 0.25) is 0 Å². The van der Waals surface area contributed by atoms with Crippen LogP contribution in [0.3, 0.4) is 0 Å². The molecule has 0 radical (unpaired) electrons. The first-order valence-electron chi connectivity index (χ1n) is 10.1. The molecule has 0 unspecified atom stereocenters. The molecular weight excluding hydrogens is 356 g/mol. The summed E-state index contributed by atoms with van der Waals surface area (Å²) in [4.78, 5) is 16.3. The van der Waals surface area contributed by atoms with E-state index in [0.29, 0.717) is 25.5 Å². The number of anilines is 1. The zero-order valence-corrected chi connectivity index (χ0v) is 16.7. The van der Waals surface area contributed by atoms with Crippen LogP contribution in [0, 0.1) is 0 Å². The monoisotopic (exact) mass is 382 g/mol. The van der Waals surface area contributed by atoms with Gasteiger partial charge in [0.2, 0.25) is 5.71 Å². The van der Waals surface area contributed by atoms with Crippen molar-refractivity contribution in [2.75, 3.05) is 31.2 Å². The summed E-state index contributed by atoms with van der Waals surface area (Å²) in [5.74, 6) is 0.836. The van der Waals surface area contributed by atoms with Crippen molar-refractivity contribution in [1.82, 2.24) is 15.0 Å². The molecule has 1 saturated heterocycles. The molecule has 0 atom stereocenters. The lowest BCUT2D eigenvalue weighted by molar-refractivity contribution is -0.0401. The van der Waals surface area contributed by atoms with Crippen LogP contribution in [0.25, 0.3) is 22.2 Å². The summed E-state index contributed by atoms with van der Waals surface area (Å²) in [6, 6.07) is 0. The van der Waals surface area contributed by atoms with Crippen LogP contribution in [0.1, 0.15) is 44.0 Å². The van der Waals surface area contributed by atoms with E-state index in [0.717, 1.165) is 60.3 Å². The number of nitrogens with zero attached hydrogens (tertiary/aromatic N) is 4. The van der Waals surface area contributed by atoms with Crippen LogP contribution in [-0.2, 0) is 28.9 Å². The zero-order valence-electron chi connectivity index (χ0n) is 16.7. The number of hydrogen-bond acceptors (Lipinski definition) is 7. The Morgan fingerprint density at radius 1 is 1.14 bits per heavy atom. The predicted molar refractivity (Wildman–Crippen MR) is 107 cm³/mol. The van der Waals surface area contributed by atoms with E-state index in [1.54, 1.807) is 6.33 Å². The lowest BCUT2D eigenvalue weighted by Gasteiger charge is -2.33. The van der Waals surface area contributed by atoms with Gasteiger partial charge < -0.3 is 18.8 Å². The Labute approximate surface area is 164 Å². The topological polar surface area (TPSA) is 73.5 Å². The van der Waals surface area contributed by atoms with E-state index in [1.165, 1.54) is 11.1 Å². The molecular formula is C21H26N4O3. The number of furan rings is 1. The van der Waals surface area contributed by atoms with E-state index in [-0.39, 0.29) is 5.60 Å². The lowest BCUT2D eigenvalue weighted by atomic mass is 9.88. The molecule has 5 heterocycles. The summed E-state index contributed by atoms with van der Waals surface area (Å²) in [6.45, 7) is 10.0. The smallest absolute Gasteiger partial charge is 0.229 e. The molecule has 0 bridgehead atoms. The van der Waals surface area contributed by atoms with E-state index >= 15 is 0 Å². The van der Waals surface area contributed by atoms with Gasteiger partial charge in [0.25, 0.3) is 0 Å². The molecule has 7 heteroatoms. The molecule has 1 fully saturated rings. The second kappa shape index (κ2) is 6.67. The van der Waals surface area contributed by atoms with Gasteiger partial charge in [-0.1, -0.05) is 13.3 Å². The molecule has 3 aromatic heterocycles. The maximum atomic E-state index is 6.30. The van der Waals surface area contributed by atoms with Crippen molar-refractivity contribution < 1.29 is 13.9 Å². The van der Waals surface area contributed by atoms with Crippen LogP contribution >= 0.6 is 0 Å². The molecule has 28 heavy (non-hydrogen) atoms. The summed E-state index contributed by atoms with van der Waals surface area (Å²) in [5, 5.41) is 1.03. The van der Waals surface area contributed by atoms with Gasteiger partial charge in [-0.15, -0.1) is 0 Å². The van der Waals surface area contributed by atoms with E-state index in [4.69, 9.17) is 18.9 Å². The summed E-state index contributed by atoms with van der Waals surface area (Å²) in [5.41, 5.74) is 5.61. The number of ether oxygens (including phenoxy) is 2. The van der Waals surface area contributed by atoms with Crippen molar-refractivity contribution in [1.29, 1.82) is 0 Å². The van der Waals surface area contributed by atoms with Gasteiger partial charge in [0.15, 0.2) is 11.4 Å². The third kappa shape index (κ3) is 2.84. The average molecular weight is 382 g/mol. The molecule has 7 nitrogen and oxygen atoms in total. The number of pyridine rings is 1. The number of fused-ring (bicyclic) bond motifs is 5. The summed E-state index contributed by atoms with van der Waals surface area (Å²) in [7, 11) is 0. The maximum absolute atomic E-state index is 6.30. The van der Waals surface area contributed by atoms with E-state index < -0.39 is 0 Å². The molecule has 2 aliphatic heterocycles. The normalized spacial score (nSPS) is 19.3. The highest BCUT2D eigenvalue weighted by Crippen LogP contribution is 2.40. The van der Waals surface area contributed by atoms with Crippen molar-refractivity contribution in [3.8, 4) is 0 Å². The fraction of sp³-hybridized carbons (Fsp3) is 0.571. The highest BCUT2D eigenvalue weighted by Gasteiger charge is 2.32. The van der Waals surface area contributed by atoms with Crippen molar-refractivity contribution in [2.24, 2.45) is 0 Å². The molecule has 2 aliphatic rings. The lowest BCUT2D eigenvalue weighted by Crippen LogP contribution is -2.36. The van der Waals surface area contributed by atoms with Crippen molar-refractivity contribution in [2.45, 2.75) is 52.2 Å². The molecule has 148 valence electrons. The van der Waals surface area contributed by atoms with Gasteiger partial charge in [0.1, 0.15) is 11.8 Å². The molecule has 0 saturated carbocycles. The molecule has 5 rings (SSSR count). The number of morpholine rings is 1. The SMILES string of the molecule is CCCc1nc2oc3c(N4CCOCC4)ncnc3c2c2c1COC(C)(C)C2. The van der Waals surface area contributed by atoms with Gasteiger partial charge in [-0.05, 0) is 25.8 Å². The summed E-state index contributed by atoms with van der Waals surface area (Å²) < 4.78 is 17.9. The van der Waals surface area contributed by atoms with Crippen LogP contribution in [0.4, 0.5) is 5.82 Å². The standard InChI is InChI=1S/C21H26N4O3/c1-4-5-15-14-11-27-21(2,3)10-13(14)16-17-18(28-20(16)24-15)19(23-12-22-17)25-6-8-26-9-7-25/h12H,4-11H2,1-3H3. The Hall–Kier alpha value is -2.25. The number of aryl methyl sites for hydroxylation is 1. The highest BCUT2D eigenvalue weighted by atomic mass is 16.5. The van der Waals surface area contributed by atoms with E-state index in [2.05, 4.69) is 35.6 Å². The van der Waals surface area contributed by atoms with Gasteiger partial charge in [-0.2, -0.15) is 0 Å². The maximum Gasteiger partial charge on any atom is 0.229 e. The van der Waals surface area contributed by atoms with Gasteiger partial charge in [0.05, 0.1) is 36.5 Å². The van der Waals surface area contributed by atoms with Gasteiger partial charge in [-0.3, -0.25) is 0 Å². The van der Waals surface area contributed by atoms with Crippen LogP contribution < -0.4 is 4.90 Å². The Morgan fingerprint density at radius 3 is 2.75 bits per heavy atom. The van der Waals surface area contributed by atoms with E-state index in [1.807, 2.05) is 0 Å². The quantitative estimate of drug-likeness (QED) is 0.687. The summed E-state index contributed by atoms with van der Waals surface area (Å²) in [6.07, 6.45) is 4.41. The second-order valence-corrected chi connectivity index (χ2v) is 8.25. The number of aromatic nitrogens is 3. The second-order valence-electron chi connectivity index (χ2n) is 8.25. The molecule has 3 aromatic rings. The number of hydrogen-bond donors (Lipinski definition) is 0. The van der Waals surface area contributed by atoms with Crippen LogP contribution in [-0.4, -0.2) is 46.9 Å². The minimum Gasteiger partial charge on any atom is -0.432 e. The highest BCUT2D eigenvalue weighted by molar-refractivity contribution is 6.06. The number of rotatable bonds is 3. The fourth-order valence-corrected chi connectivity index (χ4v) is 4.31. The predicted octanol–water partition coefficient (Wildman–Crippen LogP) is 3.41. The van der Waals surface area contributed by atoms with Crippen LogP contribution in [0.5, 0.6) is 0 Å². The first-order chi connectivity index (χ1) is 13.6. The first-order valence-corrected chi connectivity index (χ1v) is 10.1. The largest absolute Gasteiger partial charge is 0.432 e. The summed E-state index contributed by atoms with van der Waals surface area (Å²) >= 11 is 0. The third-order valence-corrected chi connectivity index (χ3v) is 5.69. The van der Waals surface area contributed by atoms with E-state index in [9.17, 15) is 0 Å². The Balaban J connectivity index is 1.77. The molecule has 0 N–H and O–H groups in total. The molecule has 0 aliphatic carbocycles. The average Bonchev–Trinajstić information content (AvgIpc) is 3.06. The van der Waals surface area contributed by atoms with Gasteiger partial charge in [-0.25, -0.2) is 15.0 Å². The molecule has 0 amide bonds. The Bertz CT molecular complexity index is 1040. The van der Waals surface area contributed by atoms with Crippen molar-refractivity contribution in [3.05, 3.63) is 23.1 Å². The Kier molecular flexibility index (Phi) is 4.25. The van der Waals surface area contributed by atoms with Crippen molar-refractivity contribution >= 4 is 28.0 Å². The van der Waals surface area contributed by atoms with Gasteiger partial charge >= 0.3 is 0 Å². The fourth-order valence-electron chi connectivity index (χ4n) is 4.31. The third-order valence-electron chi connectivity index (χ3n) is 5.69. The minimum absolute atomic E-state index is 0.214. The zero-order chi connectivity index (χ0) is 19.3. The van der Waals surface area contributed by atoms with Gasteiger partial charge in [0, 0.05) is 25.1 Å². The van der Waals surface area contributed by atoms with Crippen molar-refractivity contribution in [3.63, 3.8) is 0 Å². The Morgan fingerprint density at radius 2 is 1.96 bits per heavy atom. The molecule has 0 spiro atoms. The minimum atomic E-state index is -0.214. The first kappa shape index (κ1) is 17.8. The van der Waals surface area contributed by atoms with Crippen LogP contribution in [0.15, 0.2) is 10.7 Å².